The van der Waals surface area contributed by atoms with Gasteiger partial charge in [0.2, 0.25) is 0 Å². The number of methoxy groups -OCH3 is 2. The fourth-order valence-corrected chi connectivity index (χ4v) is 3.46. The van der Waals surface area contributed by atoms with Crippen molar-refractivity contribution >= 4 is 13.1 Å². The van der Waals surface area contributed by atoms with E-state index in [0.717, 1.165) is 11.1 Å². The molecule has 166 valence electrons. The van der Waals surface area contributed by atoms with Crippen molar-refractivity contribution in [1.82, 2.24) is 0 Å². The maximum Gasteiger partial charge on any atom is 0.466 e. The van der Waals surface area contributed by atoms with Crippen molar-refractivity contribution in [2.45, 2.75) is 57.7 Å². The van der Waals surface area contributed by atoms with Crippen molar-refractivity contribution in [3.8, 4) is 11.5 Å². The standard InChI is InChI=1S/C24H31BO6/c1-23(2)24(3,4)31-25(30-23)19(15-22(26)28-6)18-12-13-20(21(14-18)27-5)29-16-17-10-8-7-9-11-17/h7-14,19H,15-16H2,1-6H3. The molecule has 0 amide bonds. The number of hydrogen-bond acceptors (Lipinski definition) is 6. The summed E-state index contributed by atoms with van der Waals surface area (Å²) in [6, 6.07) is 15.6. The first-order valence-corrected chi connectivity index (χ1v) is 10.4. The lowest BCUT2D eigenvalue weighted by Gasteiger charge is -2.32. The number of benzene rings is 2. The van der Waals surface area contributed by atoms with Crippen molar-refractivity contribution in [1.29, 1.82) is 0 Å². The smallest absolute Gasteiger partial charge is 0.466 e. The highest BCUT2D eigenvalue weighted by molar-refractivity contribution is 6.48. The molecule has 31 heavy (non-hydrogen) atoms. The highest BCUT2D eigenvalue weighted by Gasteiger charge is 2.54. The molecule has 0 aromatic heterocycles. The van der Waals surface area contributed by atoms with Crippen LogP contribution in [0.25, 0.3) is 0 Å². The largest absolute Gasteiger partial charge is 0.493 e. The summed E-state index contributed by atoms with van der Waals surface area (Å²) < 4.78 is 28.9. The lowest BCUT2D eigenvalue weighted by atomic mass is 9.66. The first-order valence-electron chi connectivity index (χ1n) is 10.4. The van der Waals surface area contributed by atoms with E-state index in [1.807, 2.05) is 76.2 Å². The van der Waals surface area contributed by atoms with E-state index in [9.17, 15) is 4.79 Å². The first kappa shape index (κ1) is 23.2. The van der Waals surface area contributed by atoms with Crippen molar-refractivity contribution in [2.24, 2.45) is 0 Å². The van der Waals surface area contributed by atoms with Crippen LogP contribution in [-0.4, -0.2) is 38.5 Å². The van der Waals surface area contributed by atoms with E-state index in [-0.39, 0.29) is 18.2 Å². The molecule has 1 heterocycles. The van der Waals surface area contributed by atoms with Gasteiger partial charge < -0.3 is 23.5 Å². The van der Waals surface area contributed by atoms with Crippen molar-refractivity contribution < 1.29 is 28.3 Å². The summed E-state index contributed by atoms with van der Waals surface area (Å²) in [5.74, 6) is 0.523. The minimum atomic E-state index is -0.593. The maximum atomic E-state index is 12.2. The van der Waals surface area contributed by atoms with E-state index in [1.165, 1.54) is 7.11 Å². The number of carbonyl (C=O) groups excluding carboxylic acids is 1. The van der Waals surface area contributed by atoms with Gasteiger partial charge in [-0.15, -0.1) is 0 Å². The van der Waals surface area contributed by atoms with Crippen LogP contribution >= 0.6 is 0 Å². The predicted molar refractivity (Wildman–Crippen MR) is 119 cm³/mol. The Morgan fingerprint density at radius 3 is 2.19 bits per heavy atom. The summed E-state index contributed by atoms with van der Waals surface area (Å²) in [5.41, 5.74) is 0.909. The highest BCUT2D eigenvalue weighted by Crippen LogP contribution is 2.43. The number of hydrogen-bond donors (Lipinski definition) is 0. The van der Waals surface area contributed by atoms with Crippen LogP contribution in [0, 0.1) is 0 Å². The Labute approximate surface area is 184 Å². The third kappa shape index (κ3) is 5.22. The van der Waals surface area contributed by atoms with Gasteiger partial charge in [0, 0.05) is 5.82 Å². The lowest BCUT2D eigenvalue weighted by molar-refractivity contribution is -0.140. The van der Waals surface area contributed by atoms with Gasteiger partial charge in [-0.1, -0.05) is 36.4 Å². The summed E-state index contributed by atoms with van der Waals surface area (Å²) in [7, 11) is 2.38. The Balaban J connectivity index is 1.86. The molecule has 1 aliphatic rings. The molecule has 1 saturated heterocycles. The molecule has 7 heteroatoms. The van der Waals surface area contributed by atoms with E-state index in [0.29, 0.717) is 18.1 Å². The average Bonchev–Trinajstić information content (AvgIpc) is 2.97. The van der Waals surface area contributed by atoms with Crippen LogP contribution in [0.4, 0.5) is 0 Å². The number of ether oxygens (including phenoxy) is 3. The van der Waals surface area contributed by atoms with Crippen LogP contribution < -0.4 is 9.47 Å². The second-order valence-corrected chi connectivity index (χ2v) is 8.70. The molecule has 2 aromatic rings. The molecular weight excluding hydrogens is 395 g/mol. The lowest BCUT2D eigenvalue weighted by Crippen LogP contribution is -2.41. The Morgan fingerprint density at radius 1 is 0.968 bits per heavy atom. The molecule has 1 aliphatic heterocycles. The summed E-state index contributed by atoms with van der Waals surface area (Å²) in [6.07, 6.45) is 0.126. The quantitative estimate of drug-likeness (QED) is 0.456. The molecule has 0 aliphatic carbocycles. The Morgan fingerprint density at radius 2 is 1.61 bits per heavy atom. The summed E-state index contributed by atoms with van der Waals surface area (Å²) in [4.78, 5) is 12.2. The van der Waals surface area contributed by atoms with E-state index >= 15 is 0 Å². The van der Waals surface area contributed by atoms with Gasteiger partial charge in [-0.25, -0.2) is 0 Å². The molecule has 1 fully saturated rings. The summed E-state index contributed by atoms with van der Waals surface area (Å²) in [5, 5.41) is 0. The van der Waals surface area contributed by atoms with Crippen molar-refractivity contribution in [3.63, 3.8) is 0 Å². The zero-order valence-corrected chi connectivity index (χ0v) is 19.1. The number of carbonyl (C=O) groups is 1. The number of rotatable bonds is 8. The fraction of sp³-hybridized carbons (Fsp3) is 0.458. The van der Waals surface area contributed by atoms with Gasteiger partial charge in [-0.2, -0.15) is 0 Å². The minimum Gasteiger partial charge on any atom is -0.493 e. The van der Waals surface area contributed by atoms with Crippen LogP contribution in [0.3, 0.4) is 0 Å². The Kier molecular flexibility index (Phi) is 6.97. The molecule has 1 atom stereocenters. The van der Waals surface area contributed by atoms with Gasteiger partial charge in [-0.3, -0.25) is 4.79 Å². The first-order chi connectivity index (χ1) is 14.7. The van der Waals surface area contributed by atoms with Crippen molar-refractivity contribution in [3.05, 3.63) is 59.7 Å². The molecular formula is C24H31BO6. The van der Waals surface area contributed by atoms with E-state index in [1.54, 1.807) is 7.11 Å². The SMILES string of the molecule is COC(=O)CC(B1OC(C)(C)C(C)(C)O1)c1ccc(OCc2ccccc2)c(OC)c1. The predicted octanol–water partition coefficient (Wildman–Crippen LogP) is 4.55. The van der Waals surface area contributed by atoms with Crippen molar-refractivity contribution in [2.75, 3.05) is 14.2 Å². The van der Waals surface area contributed by atoms with Gasteiger partial charge in [0.05, 0.1) is 31.8 Å². The normalized spacial score (nSPS) is 17.8. The second-order valence-electron chi connectivity index (χ2n) is 8.70. The Bertz CT molecular complexity index is 880. The van der Waals surface area contributed by atoms with Gasteiger partial charge in [0.25, 0.3) is 0 Å². The summed E-state index contributed by atoms with van der Waals surface area (Å²) >= 11 is 0. The van der Waals surface area contributed by atoms with Crippen LogP contribution in [0.5, 0.6) is 11.5 Å². The molecule has 0 N–H and O–H groups in total. The van der Waals surface area contributed by atoms with Gasteiger partial charge in [-0.05, 0) is 51.0 Å². The van der Waals surface area contributed by atoms with E-state index < -0.39 is 18.3 Å². The monoisotopic (exact) mass is 426 g/mol. The van der Waals surface area contributed by atoms with Crippen LogP contribution in [0.1, 0.15) is 51.1 Å². The van der Waals surface area contributed by atoms with Crippen LogP contribution in [0.2, 0.25) is 0 Å². The van der Waals surface area contributed by atoms with Gasteiger partial charge in [0.1, 0.15) is 6.61 Å². The van der Waals surface area contributed by atoms with Gasteiger partial charge in [0.15, 0.2) is 11.5 Å². The zero-order chi connectivity index (χ0) is 22.6. The van der Waals surface area contributed by atoms with Crippen LogP contribution in [0.15, 0.2) is 48.5 Å². The third-order valence-electron chi connectivity index (χ3n) is 6.07. The molecule has 6 nitrogen and oxygen atoms in total. The topological polar surface area (TPSA) is 63.2 Å². The van der Waals surface area contributed by atoms with E-state index in [4.69, 9.17) is 23.5 Å². The molecule has 3 rings (SSSR count). The van der Waals surface area contributed by atoms with Crippen LogP contribution in [-0.2, 0) is 25.4 Å². The molecule has 1 unspecified atom stereocenters. The maximum absolute atomic E-state index is 12.2. The fourth-order valence-electron chi connectivity index (χ4n) is 3.46. The third-order valence-corrected chi connectivity index (χ3v) is 6.07. The molecule has 0 spiro atoms. The summed E-state index contributed by atoms with van der Waals surface area (Å²) in [6.45, 7) is 8.39. The molecule has 0 radical (unpaired) electrons. The molecule has 0 saturated carbocycles. The second kappa shape index (κ2) is 9.33. The zero-order valence-electron chi connectivity index (χ0n) is 19.1. The highest BCUT2D eigenvalue weighted by atomic mass is 16.7. The molecule has 2 aromatic carbocycles. The van der Waals surface area contributed by atoms with Gasteiger partial charge >= 0.3 is 13.1 Å². The average molecular weight is 426 g/mol. The Hall–Kier alpha value is -2.51. The molecule has 0 bridgehead atoms. The van der Waals surface area contributed by atoms with E-state index in [2.05, 4.69) is 0 Å². The minimum absolute atomic E-state index is 0.126. The number of esters is 1.